The normalized spacial score (nSPS) is 10.3. The molecule has 0 aromatic carbocycles. The molecule has 0 atom stereocenters. The summed E-state index contributed by atoms with van der Waals surface area (Å²) in [5, 5.41) is 0. The van der Waals surface area contributed by atoms with E-state index >= 15 is 0 Å². The van der Waals surface area contributed by atoms with E-state index in [4.69, 9.17) is 4.74 Å². The molecule has 0 saturated carbocycles. The molecular weight excluding hydrogens is 208 g/mol. The molecule has 0 bridgehead atoms. The van der Waals surface area contributed by atoms with Crippen molar-refractivity contribution in [2.75, 3.05) is 6.61 Å². The standard InChI is InChI=1S/C12H18O2S/c1-4-7-10-9(5-2)8-11(15-10)12(13)14-6-3/h8H,4-7H2,1-3H3. The first kappa shape index (κ1) is 12.2. The number of hydrogen-bond acceptors (Lipinski definition) is 3. The molecule has 0 N–H and O–H groups in total. The van der Waals surface area contributed by atoms with Crippen molar-refractivity contribution in [3.05, 3.63) is 21.4 Å². The van der Waals surface area contributed by atoms with Gasteiger partial charge in [0.2, 0.25) is 0 Å². The number of ether oxygens (including phenoxy) is 1. The average molecular weight is 226 g/mol. The molecule has 0 saturated heterocycles. The first-order valence-corrected chi connectivity index (χ1v) is 6.33. The van der Waals surface area contributed by atoms with Crippen LogP contribution in [0.1, 0.15) is 47.3 Å². The summed E-state index contributed by atoms with van der Waals surface area (Å²) in [6.07, 6.45) is 3.17. The average Bonchev–Trinajstić information content (AvgIpc) is 2.62. The van der Waals surface area contributed by atoms with Crippen molar-refractivity contribution in [2.24, 2.45) is 0 Å². The van der Waals surface area contributed by atoms with Gasteiger partial charge in [-0.2, -0.15) is 0 Å². The van der Waals surface area contributed by atoms with E-state index in [1.807, 2.05) is 13.0 Å². The van der Waals surface area contributed by atoms with Crippen LogP contribution in [0, 0.1) is 0 Å². The van der Waals surface area contributed by atoms with Gasteiger partial charge in [0.15, 0.2) is 0 Å². The third kappa shape index (κ3) is 3.06. The van der Waals surface area contributed by atoms with Gasteiger partial charge < -0.3 is 4.74 Å². The third-order valence-corrected chi connectivity index (χ3v) is 3.45. The quantitative estimate of drug-likeness (QED) is 0.719. The van der Waals surface area contributed by atoms with Crippen molar-refractivity contribution in [2.45, 2.75) is 40.0 Å². The molecule has 1 aromatic rings. The minimum Gasteiger partial charge on any atom is -0.462 e. The summed E-state index contributed by atoms with van der Waals surface area (Å²) in [5.41, 5.74) is 1.30. The highest BCUT2D eigenvalue weighted by molar-refractivity contribution is 7.14. The molecule has 0 aliphatic rings. The lowest BCUT2D eigenvalue weighted by Crippen LogP contribution is -2.01. The molecule has 0 radical (unpaired) electrons. The Bertz CT molecular complexity index is 328. The Kier molecular flexibility index (Phi) is 4.82. The van der Waals surface area contributed by atoms with Gasteiger partial charge in [-0.25, -0.2) is 4.79 Å². The van der Waals surface area contributed by atoms with Crippen LogP contribution in [0.5, 0.6) is 0 Å². The zero-order valence-corrected chi connectivity index (χ0v) is 10.4. The SMILES string of the molecule is CCCc1sc(C(=O)OCC)cc1CC. The number of rotatable bonds is 5. The van der Waals surface area contributed by atoms with Crippen molar-refractivity contribution in [3.8, 4) is 0 Å². The summed E-state index contributed by atoms with van der Waals surface area (Å²) in [4.78, 5) is 13.6. The summed E-state index contributed by atoms with van der Waals surface area (Å²) in [5.74, 6) is -0.181. The monoisotopic (exact) mass is 226 g/mol. The Morgan fingerprint density at radius 3 is 2.67 bits per heavy atom. The van der Waals surface area contributed by atoms with Gasteiger partial charge in [0.25, 0.3) is 0 Å². The number of aryl methyl sites for hydroxylation is 2. The van der Waals surface area contributed by atoms with E-state index in [-0.39, 0.29) is 5.97 Å². The third-order valence-electron chi connectivity index (χ3n) is 2.23. The van der Waals surface area contributed by atoms with E-state index in [0.717, 1.165) is 24.1 Å². The molecule has 15 heavy (non-hydrogen) atoms. The van der Waals surface area contributed by atoms with E-state index in [1.54, 1.807) is 11.3 Å². The molecule has 2 nitrogen and oxygen atoms in total. The van der Waals surface area contributed by atoms with Crippen LogP contribution >= 0.6 is 11.3 Å². The molecule has 84 valence electrons. The minimum atomic E-state index is -0.181. The summed E-state index contributed by atoms with van der Waals surface area (Å²) >= 11 is 1.58. The minimum absolute atomic E-state index is 0.181. The van der Waals surface area contributed by atoms with Crippen LogP contribution < -0.4 is 0 Å². The van der Waals surface area contributed by atoms with E-state index in [1.165, 1.54) is 10.4 Å². The molecule has 1 heterocycles. The van der Waals surface area contributed by atoms with Crippen LogP contribution in [-0.4, -0.2) is 12.6 Å². The molecule has 3 heteroatoms. The van der Waals surface area contributed by atoms with Crippen LogP contribution in [0.4, 0.5) is 0 Å². The van der Waals surface area contributed by atoms with Gasteiger partial charge in [0, 0.05) is 4.88 Å². The fourth-order valence-corrected chi connectivity index (χ4v) is 2.76. The van der Waals surface area contributed by atoms with Gasteiger partial charge in [0.1, 0.15) is 4.88 Å². The highest BCUT2D eigenvalue weighted by atomic mass is 32.1. The zero-order valence-electron chi connectivity index (χ0n) is 9.63. The molecule has 0 fully saturated rings. The highest BCUT2D eigenvalue weighted by Crippen LogP contribution is 2.25. The fraction of sp³-hybridized carbons (Fsp3) is 0.583. The predicted molar refractivity (Wildman–Crippen MR) is 63.6 cm³/mol. The molecular formula is C12H18O2S. The van der Waals surface area contributed by atoms with Gasteiger partial charge in [-0.3, -0.25) is 0 Å². The van der Waals surface area contributed by atoms with Gasteiger partial charge in [0.05, 0.1) is 6.61 Å². The van der Waals surface area contributed by atoms with E-state index < -0.39 is 0 Å². The van der Waals surface area contributed by atoms with Crippen molar-refractivity contribution < 1.29 is 9.53 Å². The fourth-order valence-electron chi connectivity index (χ4n) is 1.51. The molecule has 0 aliphatic heterocycles. The summed E-state index contributed by atoms with van der Waals surface area (Å²) < 4.78 is 4.99. The number of esters is 1. The van der Waals surface area contributed by atoms with Crippen LogP contribution in [0.15, 0.2) is 6.07 Å². The summed E-state index contributed by atoms with van der Waals surface area (Å²) in [6, 6.07) is 1.98. The lowest BCUT2D eigenvalue weighted by Gasteiger charge is -1.96. The number of thiophene rings is 1. The maximum atomic E-state index is 11.5. The second kappa shape index (κ2) is 5.91. The first-order valence-electron chi connectivity index (χ1n) is 5.51. The Morgan fingerprint density at radius 2 is 2.13 bits per heavy atom. The lowest BCUT2D eigenvalue weighted by atomic mass is 10.1. The van der Waals surface area contributed by atoms with Gasteiger partial charge in [-0.05, 0) is 31.4 Å². The van der Waals surface area contributed by atoms with Crippen LogP contribution in [0.2, 0.25) is 0 Å². The Labute approximate surface area is 95.3 Å². The Morgan fingerprint density at radius 1 is 1.40 bits per heavy atom. The summed E-state index contributed by atoms with van der Waals surface area (Å²) in [7, 11) is 0. The second-order valence-electron chi connectivity index (χ2n) is 3.38. The predicted octanol–water partition coefficient (Wildman–Crippen LogP) is 3.44. The molecule has 1 aromatic heterocycles. The van der Waals surface area contributed by atoms with Gasteiger partial charge in [-0.15, -0.1) is 11.3 Å². The zero-order chi connectivity index (χ0) is 11.3. The molecule has 0 aliphatic carbocycles. The van der Waals surface area contributed by atoms with E-state index in [2.05, 4.69) is 13.8 Å². The Balaban J connectivity index is 2.86. The first-order chi connectivity index (χ1) is 7.22. The van der Waals surface area contributed by atoms with Gasteiger partial charge >= 0.3 is 5.97 Å². The number of hydrogen-bond donors (Lipinski definition) is 0. The lowest BCUT2D eigenvalue weighted by molar-refractivity contribution is 0.0532. The van der Waals surface area contributed by atoms with Crippen molar-refractivity contribution in [3.63, 3.8) is 0 Å². The molecule has 0 amide bonds. The maximum absolute atomic E-state index is 11.5. The number of carbonyl (C=O) groups is 1. The second-order valence-corrected chi connectivity index (χ2v) is 4.52. The highest BCUT2D eigenvalue weighted by Gasteiger charge is 2.13. The topological polar surface area (TPSA) is 26.3 Å². The number of carbonyl (C=O) groups excluding carboxylic acids is 1. The van der Waals surface area contributed by atoms with Crippen LogP contribution in [0.25, 0.3) is 0 Å². The van der Waals surface area contributed by atoms with Crippen LogP contribution in [0.3, 0.4) is 0 Å². The van der Waals surface area contributed by atoms with E-state index in [9.17, 15) is 4.79 Å². The van der Waals surface area contributed by atoms with Crippen molar-refractivity contribution >= 4 is 17.3 Å². The maximum Gasteiger partial charge on any atom is 0.348 e. The largest absolute Gasteiger partial charge is 0.462 e. The molecule has 0 unspecified atom stereocenters. The smallest absolute Gasteiger partial charge is 0.348 e. The van der Waals surface area contributed by atoms with Crippen LogP contribution in [-0.2, 0) is 17.6 Å². The molecule has 1 rings (SSSR count). The van der Waals surface area contributed by atoms with Crippen molar-refractivity contribution in [1.82, 2.24) is 0 Å². The van der Waals surface area contributed by atoms with Crippen molar-refractivity contribution in [1.29, 1.82) is 0 Å². The Hall–Kier alpha value is -0.830. The summed E-state index contributed by atoms with van der Waals surface area (Å²) in [6.45, 7) is 6.56. The molecule has 0 spiro atoms. The van der Waals surface area contributed by atoms with Gasteiger partial charge in [-0.1, -0.05) is 20.3 Å². The van der Waals surface area contributed by atoms with E-state index in [0.29, 0.717) is 6.61 Å².